The van der Waals surface area contributed by atoms with Crippen molar-refractivity contribution in [2.75, 3.05) is 0 Å². The van der Waals surface area contributed by atoms with Crippen LogP contribution in [0.4, 0.5) is 0 Å². The first kappa shape index (κ1) is 11.6. The van der Waals surface area contributed by atoms with Crippen LogP contribution in [0.2, 0.25) is 0 Å². The molecule has 1 aliphatic rings. The molecule has 92 valence electrons. The van der Waals surface area contributed by atoms with Gasteiger partial charge >= 0.3 is 0 Å². The van der Waals surface area contributed by atoms with Crippen molar-refractivity contribution in [1.29, 1.82) is 0 Å². The van der Waals surface area contributed by atoms with E-state index in [0.29, 0.717) is 5.25 Å². The molecular formula is C15H15NOS. The maximum absolute atomic E-state index is 11.7. The fourth-order valence-electron chi connectivity index (χ4n) is 2.48. The summed E-state index contributed by atoms with van der Waals surface area (Å²) >= 11 is 1.68. The first-order valence-corrected chi connectivity index (χ1v) is 7.15. The Morgan fingerprint density at radius 1 is 1.11 bits per heavy atom. The number of pyridine rings is 1. The zero-order valence-corrected chi connectivity index (χ0v) is 10.9. The molecule has 0 aliphatic heterocycles. The van der Waals surface area contributed by atoms with E-state index in [9.17, 15) is 5.21 Å². The van der Waals surface area contributed by atoms with Gasteiger partial charge in [-0.2, -0.15) is 4.73 Å². The lowest BCUT2D eigenvalue weighted by Gasteiger charge is -2.24. The van der Waals surface area contributed by atoms with Gasteiger partial charge in [0.05, 0.1) is 0 Å². The van der Waals surface area contributed by atoms with Crippen molar-refractivity contribution in [1.82, 2.24) is 0 Å². The Morgan fingerprint density at radius 3 is 2.83 bits per heavy atom. The summed E-state index contributed by atoms with van der Waals surface area (Å²) in [6.45, 7) is 0. The van der Waals surface area contributed by atoms with Gasteiger partial charge in [-0.25, -0.2) is 0 Å². The second-order valence-corrected chi connectivity index (χ2v) is 5.79. The number of aryl methyl sites for hydroxylation is 1. The fraction of sp³-hybridized carbons (Fsp3) is 0.267. The van der Waals surface area contributed by atoms with E-state index < -0.39 is 0 Å². The number of benzene rings is 1. The van der Waals surface area contributed by atoms with Crippen molar-refractivity contribution >= 4 is 11.8 Å². The predicted octanol–water partition coefficient (Wildman–Crippen LogP) is 3.49. The van der Waals surface area contributed by atoms with E-state index in [4.69, 9.17) is 0 Å². The third-order valence-corrected chi connectivity index (χ3v) is 4.70. The molecule has 2 nitrogen and oxygen atoms in total. The summed E-state index contributed by atoms with van der Waals surface area (Å²) < 4.78 is 0.960. The van der Waals surface area contributed by atoms with E-state index in [1.165, 1.54) is 24.0 Å². The highest BCUT2D eigenvalue weighted by Gasteiger charge is 2.23. The van der Waals surface area contributed by atoms with E-state index in [0.717, 1.165) is 16.2 Å². The minimum absolute atomic E-state index is 0.414. The van der Waals surface area contributed by atoms with Crippen LogP contribution in [-0.4, -0.2) is 0 Å². The van der Waals surface area contributed by atoms with Crippen molar-refractivity contribution in [3.05, 3.63) is 65.0 Å². The highest BCUT2D eigenvalue weighted by molar-refractivity contribution is 7.99. The molecule has 0 radical (unpaired) electrons. The van der Waals surface area contributed by atoms with Gasteiger partial charge in [-0.1, -0.05) is 24.3 Å². The smallest absolute Gasteiger partial charge is 0.251 e. The molecule has 18 heavy (non-hydrogen) atoms. The maximum Gasteiger partial charge on any atom is 0.251 e. The van der Waals surface area contributed by atoms with Gasteiger partial charge in [0.2, 0.25) is 0 Å². The number of hydrogen-bond donors (Lipinski definition) is 0. The van der Waals surface area contributed by atoms with Crippen molar-refractivity contribution < 1.29 is 4.73 Å². The lowest BCUT2D eigenvalue weighted by molar-refractivity contribution is -0.645. The quantitative estimate of drug-likeness (QED) is 0.608. The Hall–Kier alpha value is -1.48. The molecule has 0 unspecified atom stereocenters. The minimum Gasteiger partial charge on any atom is -0.618 e. The topological polar surface area (TPSA) is 26.9 Å². The summed E-state index contributed by atoms with van der Waals surface area (Å²) in [6, 6.07) is 14.2. The van der Waals surface area contributed by atoms with Crippen LogP contribution in [-0.2, 0) is 6.42 Å². The number of hydrogen-bond acceptors (Lipinski definition) is 2. The molecule has 1 heterocycles. The highest BCUT2D eigenvalue weighted by Crippen LogP contribution is 2.42. The van der Waals surface area contributed by atoms with Crippen molar-refractivity contribution in [2.24, 2.45) is 0 Å². The Bertz CT molecular complexity index is 556. The van der Waals surface area contributed by atoms with Crippen LogP contribution in [0.3, 0.4) is 0 Å². The van der Waals surface area contributed by atoms with Crippen LogP contribution >= 0.6 is 11.8 Å². The standard InChI is InChI=1S/C15H15NOS/c17-16-11-4-3-10-15(16)18-14-9-5-7-12-6-1-2-8-13(12)14/h1-4,6,8,10-11,14H,5,7,9H2/t14-/m0/s1. The minimum atomic E-state index is 0.414. The molecule has 2 aromatic rings. The van der Waals surface area contributed by atoms with Gasteiger partial charge < -0.3 is 5.21 Å². The third-order valence-electron chi connectivity index (χ3n) is 3.37. The molecule has 0 saturated carbocycles. The van der Waals surface area contributed by atoms with E-state index in [1.807, 2.05) is 12.1 Å². The van der Waals surface area contributed by atoms with Gasteiger partial charge in [0.1, 0.15) is 0 Å². The van der Waals surface area contributed by atoms with Crippen LogP contribution in [0.5, 0.6) is 0 Å². The molecule has 1 atom stereocenters. The number of nitrogens with zero attached hydrogens (tertiary/aromatic N) is 1. The van der Waals surface area contributed by atoms with Gasteiger partial charge in [-0.15, -0.1) is 0 Å². The molecule has 1 aliphatic carbocycles. The van der Waals surface area contributed by atoms with Crippen LogP contribution < -0.4 is 4.73 Å². The van der Waals surface area contributed by atoms with E-state index >= 15 is 0 Å². The zero-order valence-electron chi connectivity index (χ0n) is 10.1. The van der Waals surface area contributed by atoms with E-state index in [-0.39, 0.29) is 0 Å². The Labute approximate surface area is 111 Å². The first-order valence-electron chi connectivity index (χ1n) is 6.27. The molecule has 1 aromatic carbocycles. The number of fused-ring (bicyclic) bond motifs is 1. The monoisotopic (exact) mass is 257 g/mol. The Balaban J connectivity index is 1.89. The average Bonchev–Trinajstić information content (AvgIpc) is 2.42. The molecule has 0 amide bonds. The molecule has 1 aromatic heterocycles. The fourth-order valence-corrected chi connectivity index (χ4v) is 3.74. The van der Waals surface area contributed by atoms with Gasteiger partial charge in [0, 0.05) is 17.4 Å². The van der Waals surface area contributed by atoms with E-state index in [1.54, 1.807) is 24.0 Å². The summed E-state index contributed by atoms with van der Waals surface area (Å²) in [6.07, 6.45) is 5.09. The maximum atomic E-state index is 11.7. The number of rotatable bonds is 2. The second-order valence-electron chi connectivity index (χ2n) is 4.56. The summed E-state index contributed by atoms with van der Waals surface area (Å²) in [5.74, 6) is 0. The third kappa shape index (κ3) is 2.23. The first-order chi connectivity index (χ1) is 8.84. The SMILES string of the molecule is [O-][n+]1ccccc1S[C@H]1CCCc2ccccc21. The summed E-state index contributed by atoms with van der Waals surface area (Å²) in [4.78, 5) is 0. The van der Waals surface area contributed by atoms with Gasteiger partial charge in [-0.3, -0.25) is 0 Å². The molecule has 0 saturated heterocycles. The van der Waals surface area contributed by atoms with Gasteiger partial charge in [0.15, 0.2) is 6.20 Å². The molecule has 3 rings (SSSR count). The van der Waals surface area contributed by atoms with Gasteiger partial charge in [0.25, 0.3) is 5.03 Å². The molecular weight excluding hydrogens is 242 g/mol. The Morgan fingerprint density at radius 2 is 1.94 bits per heavy atom. The molecule has 3 heteroatoms. The molecule has 0 spiro atoms. The number of thioether (sulfide) groups is 1. The van der Waals surface area contributed by atoms with Crippen molar-refractivity contribution in [3.63, 3.8) is 0 Å². The summed E-state index contributed by atoms with van der Waals surface area (Å²) in [5, 5.41) is 12.9. The summed E-state index contributed by atoms with van der Waals surface area (Å²) in [7, 11) is 0. The number of aromatic nitrogens is 1. The molecule has 0 fully saturated rings. The van der Waals surface area contributed by atoms with Crippen LogP contribution in [0, 0.1) is 5.21 Å². The van der Waals surface area contributed by atoms with Crippen LogP contribution in [0.25, 0.3) is 0 Å². The Kier molecular flexibility index (Phi) is 3.24. The van der Waals surface area contributed by atoms with E-state index in [2.05, 4.69) is 24.3 Å². The van der Waals surface area contributed by atoms with Crippen LogP contribution in [0.15, 0.2) is 53.7 Å². The summed E-state index contributed by atoms with van der Waals surface area (Å²) in [5.41, 5.74) is 2.84. The van der Waals surface area contributed by atoms with Crippen LogP contribution in [0.1, 0.15) is 29.2 Å². The lowest BCUT2D eigenvalue weighted by atomic mass is 9.91. The second kappa shape index (κ2) is 5.02. The normalized spacial score (nSPS) is 18.3. The lowest BCUT2D eigenvalue weighted by Crippen LogP contribution is -2.28. The van der Waals surface area contributed by atoms with Crippen molar-refractivity contribution in [2.45, 2.75) is 29.5 Å². The molecule has 0 bridgehead atoms. The van der Waals surface area contributed by atoms with Crippen molar-refractivity contribution in [3.8, 4) is 0 Å². The largest absolute Gasteiger partial charge is 0.618 e. The zero-order chi connectivity index (χ0) is 12.4. The predicted molar refractivity (Wildman–Crippen MR) is 73.4 cm³/mol. The molecule has 0 N–H and O–H groups in total. The van der Waals surface area contributed by atoms with Gasteiger partial charge in [-0.05, 0) is 48.2 Å². The average molecular weight is 257 g/mol. The highest BCUT2D eigenvalue weighted by atomic mass is 32.2.